The van der Waals surface area contributed by atoms with Crippen LogP contribution < -0.4 is 10.8 Å². The summed E-state index contributed by atoms with van der Waals surface area (Å²) in [4.78, 5) is 19.8. The van der Waals surface area contributed by atoms with Gasteiger partial charge in [0.25, 0.3) is 5.91 Å². The summed E-state index contributed by atoms with van der Waals surface area (Å²) in [5, 5.41) is 12.0. The molecule has 0 saturated heterocycles. The van der Waals surface area contributed by atoms with E-state index in [1.807, 2.05) is 12.1 Å². The molecular weight excluding hydrogens is 268 g/mol. The van der Waals surface area contributed by atoms with Crippen LogP contribution in [0, 0.1) is 0 Å². The van der Waals surface area contributed by atoms with E-state index in [-0.39, 0.29) is 6.04 Å². The van der Waals surface area contributed by atoms with Crippen molar-refractivity contribution >= 4 is 11.9 Å². The molecular formula is C15H16N4O2. The zero-order chi connectivity index (χ0) is 14.7. The second-order valence-electron chi connectivity index (χ2n) is 5.08. The van der Waals surface area contributed by atoms with Crippen LogP contribution in [0.4, 0.5) is 5.95 Å². The number of amides is 1. The molecule has 6 nitrogen and oxygen atoms in total. The number of carbonyl (C=O) groups is 1. The van der Waals surface area contributed by atoms with Gasteiger partial charge in [0.1, 0.15) is 0 Å². The maximum atomic E-state index is 11.5. The Bertz CT molecular complexity index is 645. The number of hydrogen-bond acceptors (Lipinski definition) is 5. The molecule has 1 atom stereocenters. The van der Waals surface area contributed by atoms with E-state index >= 15 is 0 Å². The molecule has 1 aliphatic rings. The molecule has 2 aromatic rings. The van der Waals surface area contributed by atoms with Crippen molar-refractivity contribution in [2.45, 2.75) is 25.3 Å². The summed E-state index contributed by atoms with van der Waals surface area (Å²) in [7, 11) is 0. The Labute approximate surface area is 122 Å². The van der Waals surface area contributed by atoms with Crippen LogP contribution in [0.15, 0.2) is 36.7 Å². The first-order valence-electron chi connectivity index (χ1n) is 6.86. The van der Waals surface area contributed by atoms with E-state index in [2.05, 4.69) is 15.3 Å². The lowest BCUT2D eigenvalue weighted by Gasteiger charge is -2.25. The molecule has 0 fully saturated rings. The monoisotopic (exact) mass is 284 g/mol. The summed E-state index contributed by atoms with van der Waals surface area (Å²) < 4.78 is 0. The molecule has 1 aromatic heterocycles. The lowest BCUT2D eigenvalue weighted by Crippen LogP contribution is -2.28. The van der Waals surface area contributed by atoms with Crippen LogP contribution in [0.25, 0.3) is 0 Å². The summed E-state index contributed by atoms with van der Waals surface area (Å²) in [6.07, 6.45) is 6.16. The normalized spacial score (nSPS) is 16.9. The van der Waals surface area contributed by atoms with Crippen LogP contribution in [0.3, 0.4) is 0 Å². The first kappa shape index (κ1) is 13.5. The van der Waals surface area contributed by atoms with Gasteiger partial charge in [-0.2, -0.15) is 0 Å². The van der Waals surface area contributed by atoms with Crippen molar-refractivity contribution < 1.29 is 10.0 Å². The van der Waals surface area contributed by atoms with Crippen LogP contribution in [0.5, 0.6) is 0 Å². The third kappa shape index (κ3) is 3.00. The minimum absolute atomic E-state index is 0.243. The van der Waals surface area contributed by atoms with E-state index in [1.54, 1.807) is 30.0 Å². The summed E-state index contributed by atoms with van der Waals surface area (Å²) in [6, 6.07) is 7.54. The van der Waals surface area contributed by atoms with Gasteiger partial charge in [-0.3, -0.25) is 10.0 Å². The summed E-state index contributed by atoms with van der Waals surface area (Å²) in [6.45, 7) is 0. The van der Waals surface area contributed by atoms with Crippen molar-refractivity contribution in [3.05, 3.63) is 53.3 Å². The van der Waals surface area contributed by atoms with Crippen molar-refractivity contribution in [1.29, 1.82) is 0 Å². The molecule has 3 N–H and O–H groups in total. The average Bonchev–Trinajstić information content (AvgIpc) is 2.54. The first-order valence-corrected chi connectivity index (χ1v) is 6.86. The Balaban J connectivity index is 1.76. The number of aromatic nitrogens is 2. The fourth-order valence-electron chi connectivity index (χ4n) is 2.64. The van der Waals surface area contributed by atoms with Gasteiger partial charge in [-0.15, -0.1) is 0 Å². The van der Waals surface area contributed by atoms with Crippen LogP contribution in [0.2, 0.25) is 0 Å². The number of benzene rings is 1. The minimum atomic E-state index is -0.487. The highest BCUT2D eigenvalue weighted by atomic mass is 16.5. The van der Waals surface area contributed by atoms with Crippen LogP contribution in [-0.2, 0) is 12.8 Å². The summed E-state index contributed by atoms with van der Waals surface area (Å²) in [5.41, 5.74) is 4.50. The lowest BCUT2D eigenvalue weighted by atomic mass is 9.87. The third-order valence-electron chi connectivity index (χ3n) is 3.70. The molecule has 0 bridgehead atoms. The van der Waals surface area contributed by atoms with Crippen molar-refractivity contribution in [2.24, 2.45) is 0 Å². The Morgan fingerprint density at radius 2 is 2.05 bits per heavy atom. The smallest absolute Gasteiger partial charge is 0.274 e. The SMILES string of the molecule is O=C(NO)c1ccc2c(c1)CC(Nc1ncccn1)CC2. The minimum Gasteiger partial charge on any atom is -0.351 e. The third-order valence-corrected chi connectivity index (χ3v) is 3.70. The highest BCUT2D eigenvalue weighted by molar-refractivity contribution is 5.93. The van der Waals surface area contributed by atoms with E-state index < -0.39 is 5.91 Å². The van der Waals surface area contributed by atoms with E-state index in [1.165, 1.54) is 5.56 Å². The van der Waals surface area contributed by atoms with Crippen LogP contribution >= 0.6 is 0 Å². The van der Waals surface area contributed by atoms with Crippen molar-refractivity contribution in [3.8, 4) is 0 Å². The number of rotatable bonds is 3. The van der Waals surface area contributed by atoms with E-state index in [0.29, 0.717) is 11.5 Å². The topological polar surface area (TPSA) is 87.1 Å². The number of anilines is 1. The van der Waals surface area contributed by atoms with Crippen LogP contribution in [0.1, 0.15) is 27.9 Å². The number of hydroxylamine groups is 1. The Hall–Kier alpha value is -2.47. The van der Waals surface area contributed by atoms with Crippen molar-refractivity contribution in [1.82, 2.24) is 15.4 Å². The second-order valence-corrected chi connectivity index (χ2v) is 5.08. The summed E-state index contributed by atoms with van der Waals surface area (Å²) in [5.74, 6) is 0.134. The fraction of sp³-hybridized carbons (Fsp3) is 0.267. The van der Waals surface area contributed by atoms with Crippen LogP contribution in [-0.4, -0.2) is 27.1 Å². The van der Waals surface area contributed by atoms with Gasteiger partial charge < -0.3 is 5.32 Å². The van der Waals surface area contributed by atoms with E-state index in [9.17, 15) is 4.79 Å². The number of nitrogens with zero attached hydrogens (tertiary/aromatic N) is 2. The van der Waals surface area contributed by atoms with Gasteiger partial charge in [-0.1, -0.05) is 6.07 Å². The zero-order valence-corrected chi connectivity index (χ0v) is 11.4. The molecule has 21 heavy (non-hydrogen) atoms. The fourth-order valence-corrected chi connectivity index (χ4v) is 2.64. The second kappa shape index (κ2) is 5.88. The average molecular weight is 284 g/mol. The van der Waals surface area contributed by atoms with E-state index in [4.69, 9.17) is 5.21 Å². The molecule has 1 amide bonds. The standard InChI is InChI=1S/C15H16N4O2/c20-14(19-21)11-3-2-10-4-5-13(9-12(10)8-11)18-15-16-6-1-7-17-15/h1-3,6-8,13,21H,4-5,9H2,(H,19,20)(H,16,17,18). The molecule has 1 aliphatic carbocycles. The van der Waals surface area contributed by atoms with E-state index in [0.717, 1.165) is 24.8 Å². The number of fused-ring (bicyclic) bond motifs is 1. The largest absolute Gasteiger partial charge is 0.351 e. The van der Waals surface area contributed by atoms with Gasteiger partial charge in [0.15, 0.2) is 0 Å². The number of nitrogens with one attached hydrogen (secondary N) is 2. The maximum absolute atomic E-state index is 11.5. The Morgan fingerprint density at radius 3 is 2.81 bits per heavy atom. The molecule has 1 heterocycles. The molecule has 0 aliphatic heterocycles. The lowest BCUT2D eigenvalue weighted by molar-refractivity contribution is 0.0706. The molecule has 0 saturated carbocycles. The number of carbonyl (C=O) groups excluding carboxylic acids is 1. The maximum Gasteiger partial charge on any atom is 0.274 e. The number of hydrogen-bond donors (Lipinski definition) is 3. The Kier molecular flexibility index (Phi) is 3.79. The summed E-state index contributed by atoms with van der Waals surface area (Å²) >= 11 is 0. The predicted molar refractivity (Wildman–Crippen MR) is 77.2 cm³/mol. The zero-order valence-electron chi connectivity index (χ0n) is 11.4. The molecule has 0 radical (unpaired) electrons. The molecule has 1 aromatic carbocycles. The molecule has 108 valence electrons. The Morgan fingerprint density at radius 1 is 1.24 bits per heavy atom. The highest BCUT2D eigenvalue weighted by Gasteiger charge is 2.20. The molecule has 3 rings (SSSR count). The quantitative estimate of drug-likeness (QED) is 0.588. The van der Waals surface area contributed by atoms with Gasteiger partial charge in [0.05, 0.1) is 0 Å². The van der Waals surface area contributed by atoms with Gasteiger partial charge in [0.2, 0.25) is 5.95 Å². The van der Waals surface area contributed by atoms with Gasteiger partial charge in [0, 0.05) is 24.0 Å². The molecule has 0 spiro atoms. The van der Waals surface area contributed by atoms with Gasteiger partial charge in [-0.05, 0) is 48.6 Å². The highest BCUT2D eigenvalue weighted by Crippen LogP contribution is 2.24. The predicted octanol–water partition coefficient (Wildman–Crippen LogP) is 1.57. The first-order chi connectivity index (χ1) is 10.3. The molecule has 6 heteroatoms. The van der Waals surface area contributed by atoms with Crippen molar-refractivity contribution in [2.75, 3.05) is 5.32 Å². The van der Waals surface area contributed by atoms with Gasteiger partial charge in [-0.25, -0.2) is 15.4 Å². The molecule has 1 unspecified atom stereocenters. The van der Waals surface area contributed by atoms with Crippen molar-refractivity contribution in [3.63, 3.8) is 0 Å². The van der Waals surface area contributed by atoms with Gasteiger partial charge >= 0.3 is 0 Å². The number of aryl methyl sites for hydroxylation is 1.